The van der Waals surface area contributed by atoms with Crippen LogP contribution in [-0.2, 0) is 21.2 Å². The first-order valence-electron chi connectivity index (χ1n) is 9.91. The van der Waals surface area contributed by atoms with E-state index < -0.39 is 21.4 Å². The summed E-state index contributed by atoms with van der Waals surface area (Å²) in [6.07, 6.45) is 4.84. The van der Waals surface area contributed by atoms with Gasteiger partial charge in [-0.2, -0.15) is 0 Å². The van der Waals surface area contributed by atoms with Crippen molar-refractivity contribution in [2.45, 2.75) is 56.3 Å². The summed E-state index contributed by atoms with van der Waals surface area (Å²) in [5.41, 5.74) is 1.68. The van der Waals surface area contributed by atoms with Crippen LogP contribution >= 0.6 is 12.4 Å². The number of pyridine rings is 1. The summed E-state index contributed by atoms with van der Waals surface area (Å²) in [4.78, 5) is 16.7. The number of carbonyl (C=O) groups is 1. The molecule has 2 atom stereocenters. The Morgan fingerprint density at radius 3 is 2.69 bits per heavy atom. The molecule has 156 valence electrons. The Morgan fingerprint density at radius 1 is 1.34 bits per heavy atom. The molecule has 0 radical (unpaired) electrons. The van der Waals surface area contributed by atoms with Crippen molar-refractivity contribution >= 4 is 39.2 Å². The van der Waals surface area contributed by atoms with Crippen molar-refractivity contribution in [1.29, 1.82) is 0 Å². The molecule has 29 heavy (non-hydrogen) atoms. The SMILES string of the molecule is CC(C)CNS(=O)(=O)c1c2c(cc3cnc(C4CC4)cc13)CC1(C(=O)O)CC21.Cl. The van der Waals surface area contributed by atoms with Gasteiger partial charge in [0.05, 0.1) is 10.3 Å². The molecule has 0 bridgehead atoms. The predicted octanol–water partition coefficient (Wildman–Crippen LogP) is 3.58. The standard InChI is InChI=1S/C21H24N2O4S.ClH/c1-11(2)9-23-28(26,27)19-15-6-17(12-3-4-12)22-10-14(15)5-13-7-21(20(24)25)8-16(21)18(13)19;/h5-6,10-12,16,23H,3-4,7-9H2,1-2H3,(H,24,25);1H. The number of carboxylic acids is 1. The number of sulfonamides is 1. The normalized spacial score (nSPS) is 24.9. The average Bonchev–Trinajstić information content (AvgIpc) is 3.54. The molecule has 0 amide bonds. The number of benzene rings is 1. The molecular formula is C21H25ClN2O4S. The van der Waals surface area contributed by atoms with Crippen molar-refractivity contribution in [3.8, 4) is 0 Å². The Labute approximate surface area is 176 Å². The van der Waals surface area contributed by atoms with Gasteiger partial charge in [-0.15, -0.1) is 12.4 Å². The number of hydrogen-bond donors (Lipinski definition) is 2. The summed E-state index contributed by atoms with van der Waals surface area (Å²) >= 11 is 0. The maximum atomic E-state index is 13.4. The van der Waals surface area contributed by atoms with Crippen LogP contribution in [0.1, 0.15) is 61.8 Å². The fourth-order valence-electron chi connectivity index (χ4n) is 4.65. The number of rotatable bonds is 6. The van der Waals surface area contributed by atoms with Crippen LogP contribution in [0.5, 0.6) is 0 Å². The summed E-state index contributed by atoms with van der Waals surface area (Å²) < 4.78 is 29.5. The molecule has 2 aromatic rings. The van der Waals surface area contributed by atoms with Crippen LogP contribution < -0.4 is 4.72 Å². The predicted molar refractivity (Wildman–Crippen MR) is 112 cm³/mol. The highest BCUT2D eigenvalue weighted by molar-refractivity contribution is 7.89. The van der Waals surface area contributed by atoms with E-state index in [4.69, 9.17) is 0 Å². The van der Waals surface area contributed by atoms with Crippen LogP contribution in [0.15, 0.2) is 23.2 Å². The lowest BCUT2D eigenvalue weighted by Crippen LogP contribution is -2.28. The Hall–Kier alpha value is -1.70. The summed E-state index contributed by atoms with van der Waals surface area (Å²) in [7, 11) is -3.76. The number of hydrogen-bond acceptors (Lipinski definition) is 4. The van der Waals surface area contributed by atoms with Crippen LogP contribution in [0.25, 0.3) is 10.8 Å². The minimum absolute atomic E-state index is 0. The number of aliphatic carboxylic acids is 1. The molecule has 1 aromatic heterocycles. The van der Waals surface area contributed by atoms with Gasteiger partial charge in [0.2, 0.25) is 10.0 Å². The third-order valence-electron chi connectivity index (χ3n) is 6.42. The van der Waals surface area contributed by atoms with E-state index in [1.54, 1.807) is 6.20 Å². The van der Waals surface area contributed by atoms with Crippen molar-refractivity contribution in [3.05, 3.63) is 35.2 Å². The zero-order valence-corrected chi connectivity index (χ0v) is 18.1. The Bertz CT molecular complexity index is 1130. The Balaban J connectivity index is 0.00000205. The second-order valence-electron chi connectivity index (χ2n) is 9.02. The van der Waals surface area contributed by atoms with E-state index in [0.29, 0.717) is 30.7 Å². The molecule has 0 saturated heterocycles. The van der Waals surface area contributed by atoms with E-state index in [1.807, 2.05) is 26.0 Å². The summed E-state index contributed by atoms with van der Waals surface area (Å²) in [6.45, 7) is 4.27. The number of halogens is 1. The van der Waals surface area contributed by atoms with E-state index in [-0.39, 0.29) is 29.1 Å². The molecule has 2 unspecified atom stereocenters. The molecule has 1 aromatic carbocycles. The van der Waals surface area contributed by atoms with Crippen molar-refractivity contribution in [3.63, 3.8) is 0 Å². The topological polar surface area (TPSA) is 96.4 Å². The van der Waals surface area contributed by atoms with Crippen LogP contribution in [0, 0.1) is 11.3 Å². The fourth-order valence-corrected chi connectivity index (χ4v) is 6.38. The zero-order chi connectivity index (χ0) is 19.8. The van der Waals surface area contributed by atoms with Gasteiger partial charge in [-0.25, -0.2) is 13.1 Å². The smallest absolute Gasteiger partial charge is 0.310 e. The third kappa shape index (κ3) is 3.14. The van der Waals surface area contributed by atoms with Crippen LogP contribution in [0.4, 0.5) is 0 Å². The molecule has 0 spiro atoms. The number of carboxylic acid groups (broad SMARTS) is 1. The van der Waals surface area contributed by atoms with Gasteiger partial charge in [-0.3, -0.25) is 9.78 Å². The van der Waals surface area contributed by atoms with E-state index in [1.165, 1.54) is 0 Å². The first-order valence-corrected chi connectivity index (χ1v) is 11.4. The molecule has 2 N–H and O–H groups in total. The zero-order valence-electron chi connectivity index (χ0n) is 16.4. The molecule has 8 heteroatoms. The molecule has 6 nitrogen and oxygen atoms in total. The first-order chi connectivity index (χ1) is 13.2. The van der Waals surface area contributed by atoms with Crippen molar-refractivity contribution in [2.24, 2.45) is 11.3 Å². The van der Waals surface area contributed by atoms with Crippen LogP contribution in [0.2, 0.25) is 0 Å². The molecule has 2 fully saturated rings. The fraction of sp³-hybridized carbons (Fsp3) is 0.524. The highest BCUT2D eigenvalue weighted by atomic mass is 35.5. The number of fused-ring (bicyclic) bond motifs is 4. The summed E-state index contributed by atoms with van der Waals surface area (Å²) in [6, 6.07) is 3.87. The molecule has 3 aliphatic carbocycles. The van der Waals surface area contributed by atoms with Gasteiger partial charge in [-0.1, -0.05) is 13.8 Å². The molecule has 2 saturated carbocycles. The average molecular weight is 437 g/mol. The van der Waals surface area contributed by atoms with Crippen molar-refractivity contribution in [2.75, 3.05) is 6.54 Å². The van der Waals surface area contributed by atoms with E-state index in [2.05, 4.69) is 9.71 Å². The van der Waals surface area contributed by atoms with Crippen LogP contribution in [-0.4, -0.2) is 31.0 Å². The minimum Gasteiger partial charge on any atom is -0.481 e. The van der Waals surface area contributed by atoms with Gasteiger partial charge < -0.3 is 5.11 Å². The third-order valence-corrected chi connectivity index (χ3v) is 7.95. The highest BCUT2D eigenvalue weighted by Crippen LogP contribution is 2.68. The monoisotopic (exact) mass is 436 g/mol. The maximum Gasteiger partial charge on any atom is 0.310 e. The molecular weight excluding hydrogens is 412 g/mol. The first kappa shape index (κ1) is 20.6. The molecule has 3 aliphatic rings. The van der Waals surface area contributed by atoms with E-state index >= 15 is 0 Å². The minimum atomic E-state index is -3.76. The number of nitrogens with one attached hydrogen (secondary N) is 1. The van der Waals surface area contributed by atoms with E-state index in [9.17, 15) is 18.3 Å². The quantitative estimate of drug-likeness (QED) is 0.721. The van der Waals surface area contributed by atoms with Gasteiger partial charge in [0, 0.05) is 41.0 Å². The lowest BCUT2D eigenvalue weighted by molar-refractivity contribution is -0.143. The largest absolute Gasteiger partial charge is 0.481 e. The Morgan fingerprint density at radius 2 is 2.07 bits per heavy atom. The second-order valence-corrected chi connectivity index (χ2v) is 10.7. The van der Waals surface area contributed by atoms with Crippen LogP contribution in [0.3, 0.4) is 0 Å². The van der Waals surface area contributed by atoms with Gasteiger partial charge in [0.25, 0.3) is 0 Å². The van der Waals surface area contributed by atoms with E-state index in [0.717, 1.165) is 35.0 Å². The molecule has 5 rings (SSSR count). The van der Waals surface area contributed by atoms with Crippen molar-refractivity contribution < 1.29 is 18.3 Å². The molecule has 1 heterocycles. The van der Waals surface area contributed by atoms with Gasteiger partial charge in [0.1, 0.15) is 0 Å². The highest BCUT2D eigenvalue weighted by Gasteiger charge is 2.66. The number of nitrogens with zero attached hydrogens (tertiary/aromatic N) is 1. The van der Waals surface area contributed by atoms with Gasteiger partial charge in [0.15, 0.2) is 0 Å². The summed E-state index contributed by atoms with van der Waals surface area (Å²) in [5.74, 6) is -0.447. The lowest BCUT2D eigenvalue weighted by Gasteiger charge is -2.17. The second kappa shape index (κ2) is 6.65. The molecule has 0 aliphatic heterocycles. The number of aromatic nitrogens is 1. The Kier molecular flexibility index (Phi) is 4.72. The van der Waals surface area contributed by atoms with Gasteiger partial charge in [-0.05, 0) is 54.9 Å². The maximum absolute atomic E-state index is 13.4. The van der Waals surface area contributed by atoms with Crippen molar-refractivity contribution in [1.82, 2.24) is 9.71 Å². The summed E-state index contributed by atoms with van der Waals surface area (Å²) in [5, 5.41) is 11.2. The van der Waals surface area contributed by atoms with Gasteiger partial charge >= 0.3 is 5.97 Å². The lowest BCUT2D eigenvalue weighted by atomic mass is 9.98.